The zero-order chi connectivity index (χ0) is 13.3. The van der Waals surface area contributed by atoms with E-state index in [1.165, 1.54) is 13.0 Å². The fourth-order valence-electron chi connectivity index (χ4n) is 5.52. The highest BCUT2D eigenvalue weighted by molar-refractivity contribution is 5.01. The Morgan fingerprint density at radius 3 is 2.00 bits per heavy atom. The summed E-state index contributed by atoms with van der Waals surface area (Å²) < 4.78 is 0. The van der Waals surface area contributed by atoms with Gasteiger partial charge in [-0.25, -0.2) is 0 Å². The van der Waals surface area contributed by atoms with Gasteiger partial charge in [0.25, 0.3) is 0 Å². The van der Waals surface area contributed by atoms with Crippen molar-refractivity contribution < 1.29 is 0 Å². The molecule has 0 aliphatic heterocycles. The predicted molar refractivity (Wildman–Crippen MR) is 81.2 cm³/mol. The number of hydrogen-bond donors (Lipinski definition) is 2. The van der Waals surface area contributed by atoms with Gasteiger partial charge in [0.1, 0.15) is 0 Å². The minimum Gasteiger partial charge on any atom is -0.315 e. The summed E-state index contributed by atoms with van der Waals surface area (Å²) in [6.45, 7) is 7.92. The molecule has 0 radical (unpaired) electrons. The van der Waals surface area contributed by atoms with Crippen molar-refractivity contribution in [2.45, 2.75) is 64.8 Å². The molecular formula is C17H32N2. The molecule has 4 rings (SSSR count). The lowest BCUT2D eigenvalue weighted by molar-refractivity contribution is -0.0567. The van der Waals surface area contributed by atoms with Gasteiger partial charge in [-0.1, -0.05) is 13.8 Å². The summed E-state index contributed by atoms with van der Waals surface area (Å²) in [6, 6.07) is 0.616. The van der Waals surface area contributed by atoms with Gasteiger partial charge in [-0.05, 0) is 74.7 Å². The van der Waals surface area contributed by atoms with Gasteiger partial charge < -0.3 is 10.6 Å². The lowest BCUT2D eigenvalue weighted by atomic mass is 9.49. The smallest absolute Gasteiger partial charge is 0.00790 e. The van der Waals surface area contributed by atoms with Crippen LogP contribution in [0, 0.1) is 23.2 Å². The van der Waals surface area contributed by atoms with Gasteiger partial charge in [0.15, 0.2) is 0 Å². The van der Waals surface area contributed by atoms with E-state index in [1.54, 1.807) is 38.5 Å². The average Bonchev–Trinajstić information content (AvgIpc) is 2.31. The molecular weight excluding hydrogens is 232 g/mol. The quantitative estimate of drug-likeness (QED) is 0.690. The molecule has 19 heavy (non-hydrogen) atoms. The molecule has 0 amide bonds. The van der Waals surface area contributed by atoms with E-state index in [4.69, 9.17) is 0 Å². The van der Waals surface area contributed by atoms with Crippen LogP contribution in [0.25, 0.3) is 0 Å². The summed E-state index contributed by atoms with van der Waals surface area (Å²) in [5.41, 5.74) is 0.757. The van der Waals surface area contributed by atoms with Crippen molar-refractivity contribution in [2.75, 3.05) is 19.6 Å². The Hall–Kier alpha value is -0.0800. The predicted octanol–water partition coefficient (Wildman–Crippen LogP) is 3.18. The topological polar surface area (TPSA) is 24.1 Å². The normalized spacial score (nSPS) is 40.3. The fourth-order valence-corrected chi connectivity index (χ4v) is 5.52. The van der Waals surface area contributed by atoms with Crippen molar-refractivity contribution in [2.24, 2.45) is 23.2 Å². The highest BCUT2D eigenvalue weighted by Crippen LogP contribution is 2.61. The standard InChI is InChI=1S/C17H32N2/c1-13(2)19-6-5-18-4-3-17-10-14-7-15(11-17)9-16(8-14)12-17/h13-16,18-19H,3-12H2,1-2H3. The van der Waals surface area contributed by atoms with Crippen LogP contribution >= 0.6 is 0 Å². The largest absolute Gasteiger partial charge is 0.315 e. The zero-order valence-electron chi connectivity index (χ0n) is 12.9. The zero-order valence-corrected chi connectivity index (χ0v) is 12.9. The monoisotopic (exact) mass is 264 g/mol. The van der Waals surface area contributed by atoms with Gasteiger partial charge in [-0.15, -0.1) is 0 Å². The van der Waals surface area contributed by atoms with Crippen LogP contribution < -0.4 is 10.6 Å². The molecule has 0 atom stereocenters. The minimum atomic E-state index is 0.616. The van der Waals surface area contributed by atoms with Crippen molar-refractivity contribution in [1.82, 2.24) is 10.6 Å². The highest BCUT2D eigenvalue weighted by atomic mass is 15.0. The van der Waals surface area contributed by atoms with Crippen molar-refractivity contribution in [1.29, 1.82) is 0 Å². The van der Waals surface area contributed by atoms with Gasteiger partial charge in [0.05, 0.1) is 0 Å². The number of nitrogens with one attached hydrogen (secondary N) is 2. The second kappa shape index (κ2) is 5.73. The lowest BCUT2D eigenvalue weighted by Gasteiger charge is -2.57. The van der Waals surface area contributed by atoms with Crippen LogP contribution in [0.2, 0.25) is 0 Å². The molecule has 4 saturated carbocycles. The molecule has 0 aromatic rings. The third-order valence-corrected chi connectivity index (χ3v) is 5.85. The average molecular weight is 264 g/mol. The maximum Gasteiger partial charge on any atom is 0.00790 e. The second-order valence-corrected chi connectivity index (χ2v) is 8.03. The Kier molecular flexibility index (Phi) is 4.19. The summed E-state index contributed by atoms with van der Waals surface area (Å²) in [5, 5.41) is 7.13. The van der Waals surface area contributed by atoms with Crippen molar-refractivity contribution in [3.05, 3.63) is 0 Å². The summed E-state index contributed by atoms with van der Waals surface area (Å²) in [7, 11) is 0. The molecule has 4 aliphatic carbocycles. The van der Waals surface area contributed by atoms with Gasteiger partial charge in [-0.3, -0.25) is 0 Å². The van der Waals surface area contributed by atoms with Crippen LogP contribution in [0.4, 0.5) is 0 Å². The number of hydrogen-bond acceptors (Lipinski definition) is 2. The second-order valence-electron chi connectivity index (χ2n) is 8.03. The van der Waals surface area contributed by atoms with Gasteiger partial charge in [0, 0.05) is 19.1 Å². The molecule has 0 saturated heterocycles. The van der Waals surface area contributed by atoms with Crippen molar-refractivity contribution in [3.63, 3.8) is 0 Å². The van der Waals surface area contributed by atoms with Gasteiger partial charge in [0.2, 0.25) is 0 Å². The van der Waals surface area contributed by atoms with E-state index in [2.05, 4.69) is 24.5 Å². The van der Waals surface area contributed by atoms with E-state index >= 15 is 0 Å². The molecule has 0 unspecified atom stereocenters. The molecule has 4 aliphatic rings. The first kappa shape index (κ1) is 13.9. The lowest BCUT2D eigenvalue weighted by Crippen LogP contribution is -2.47. The van der Waals surface area contributed by atoms with E-state index in [0.717, 1.165) is 36.3 Å². The summed E-state index contributed by atoms with van der Waals surface area (Å²) in [4.78, 5) is 0. The van der Waals surface area contributed by atoms with E-state index in [9.17, 15) is 0 Å². The maximum absolute atomic E-state index is 3.65. The van der Waals surface area contributed by atoms with E-state index in [-0.39, 0.29) is 0 Å². The van der Waals surface area contributed by atoms with Crippen LogP contribution in [0.3, 0.4) is 0 Å². The molecule has 0 spiro atoms. The molecule has 0 heterocycles. The Balaban J connectivity index is 1.38. The summed E-state index contributed by atoms with van der Waals surface area (Å²) in [6.07, 6.45) is 10.8. The first-order valence-electron chi connectivity index (χ1n) is 8.59. The SMILES string of the molecule is CC(C)NCCNCCC12CC3CC(CC(C3)C1)C2. The molecule has 110 valence electrons. The molecule has 0 aromatic heterocycles. The first-order valence-corrected chi connectivity index (χ1v) is 8.59. The molecule has 4 bridgehead atoms. The minimum absolute atomic E-state index is 0.616. The van der Waals surface area contributed by atoms with E-state index in [0.29, 0.717) is 6.04 Å². The Morgan fingerprint density at radius 2 is 1.47 bits per heavy atom. The van der Waals surface area contributed by atoms with Crippen LogP contribution in [0.5, 0.6) is 0 Å². The molecule has 4 fully saturated rings. The van der Waals surface area contributed by atoms with E-state index in [1.807, 2.05) is 0 Å². The Bertz CT molecular complexity index is 262. The van der Waals surface area contributed by atoms with Crippen LogP contribution in [-0.4, -0.2) is 25.7 Å². The third kappa shape index (κ3) is 3.33. The van der Waals surface area contributed by atoms with Gasteiger partial charge in [-0.2, -0.15) is 0 Å². The Morgan fingerprint density at radius 1 is 0.895 bits per heavy atom. The first-order chi connectivity index (χ1) is 9.15. The summed E-state index contributed by atoms with van der Waals surface area (Å²) in [5.74, 6) is 3.32. The van der Waals surface area contributed by atoms with Crippen LogP contribution in [0.1, 0.15) is 58.8 Å². The van der Waals surface area contributed by atoms with Crippen LogP contribution in [0.15, 0.2) is 0 Å². The molecule has 2 N–H and O–H groups in total. The van der Waals surface area contributed by atoms with Crippen molar-refractivity contribution in [3.8, 4) is 0 Å². The van der Waals surface area contributed by atoms with Crippen LogP contribution in [-0.2, 0) is 0 Å². The number of rotatable bonds is 7. The van der Waals surface area contributed by atoms with Crippen molar-refractivity contribution >= 4 is 0 Å². The molecule has 0 aromatic carbocycles. The third-order valence-electron chi connectivity index (χ3n) is 5.85. The molecule has 2 heteroatoms. The highest BCUT2D eigenvalue weighted by Gasteiger charge is 2.50. The molecule has 2 nitrogen and oxygen atoms in total. The maximum atomic E-state index is 3.65. The Labute approximate surface area is 119 Å². The van der Waals surface area contributed by atoms with E-state index < -0.39 is 0 Å². The summed E-state index contributed by atoms with van der Waals surface area (Å²) >= 11 is 0. The van der Waals surface area contributed by atoms with Gasteiger partial charge >= 0.3 is 0 Å². The fraction of sp³-hybridized carbons (Fsp3) is 1.00.